The molecule has 1 aromatic rings. The summed E-state index contributed by atoms with van der Waals surface area (Å²) in [7, 11) is 0. The minimum atomic E-state index is 0.684. The molecular formula is C14H25N3O. The minimum Gasteiger partial charge on any atom is -0.339 e. The molecule has 1 fully saturated rings. The van der Waals surface area contributed by atoms with Gasteiger partial charge in [0.25, 0.3) is 0 Å². The first kappa shape index (κ1) is 13.5. The number of rotatable bonds is 5. The molecule has 4 heteroatoms. The predicted octanol–water partition coefficient (Wildman–Crippen LogP) is 2.72. The summed E-state index contributed by atoms with van der Waals surface area (Å²) >= 11 is 0. The average Bonchev–Trinajstić information content (AvgIpc) is 2.76. The van der Waals surface area contributed by atoms with Gasteiger partial charge in [0.1, 0.15) is 0 Å². The van der Waals surface area contributed by atoms with Gasteiger partial charge in [0.15, 0.2) is 5.82 Å². The molecule has 0 aliphatic heterocycles. The van der Waals surface area contributed by atoms with E-state index in [2.05, 4.69) is 29.3 Å². The number of aromatic nitrogens is 2. The summed E-state index contributed by atoms with van der Waals surface area (Å²) in [5.74, 6) is 3.24. The smallest absolute Gasteiger partial charge is 0.227 e. The van der Waals surface area contributed by atoms with Crippen molar-refractivity contribution in [3.8, 4) is 0 Å². The van der Waals surface area contributed by atoms with E-state index in [4.69, 9.17) is 4.52 Å². The fourth-order valence-electron chi connectivity index (χ4n) is 2.81. The van der Waals surface area contributed by atoms with Crippen LogP contribution in [-0.2, 0) is 6.42 Å². The lowest BCUT2D eigenvalue weighted by Gasteiger charge is -2.31. The maximum atomic E-state index is 5.10. The lowest BCUT2D eigenvalue weighted by molar-refractivity contribution is 0.238. The zero-order valence-corrected chi connectivity index (χ0v) is 11.8. The van der Waals surface area contributed by atoms with Gasteiger partial charge in [0.05, 0.1) is 0 Å². The van der Waals surface area contributed by atoms with Crippen LogP contribution >= 0.6 is 0 Å². The molecule has 0 aromatic carbocycles. The quantitative estimate of drug-likeness (QED) is 0.874. The molecule has 4 nitrogen and oxygen atoms in total. The first-order valence-electron chi connectivity index (χ1n) is 7.17. The molecule has 2 rings (SSSR count). The van der Waals surface area contributed by atoms with E-state index < -0.39 is 0 Å². The zero-order chi connectivity index (χ0) is 13.0. The van der Waals surface area contributed by atoms with Crippen LogP contribution in [0.2, 0.25) is 0 Å². The fraction of sp³-hybridized carbons (Fsp3) is 0.857. The standard InChI is InChI=1S/C14H25N3O/c1-10(2)12-4-6-13(7-5-12)15-9-8-14-16-11(3)17-18-14/h10,12-13,15H,4-9H2,1-3H3. The average molecular weight is 251 g/mol. The highest BCUT2D eigenvalue weighted by Gasteiger charge is 2.22. The van der Waals surface area contributed by atoms with Gasteiger partial charge in [-0.1, -0.05) is 19.0 Å². The van der Waals surface area contributed by atoms with Gasteiger partial charge in [0, 0.05) is 19.0 Å². The van der Waals surface area contributed by atoms with Crippen molar-refractivity contribution in [2.45, 2.75) is 58.9 Å². The molecule has 1 aliphatic carbocycles. The highest BCUT2D eigenvalue weighted by atomic mass is 16.5. The lowest BCUT2D eigenvalue weighted by atomic mass is 9.80. The monoisotopic (exact) mass is 251 g/mol. The third kappa shape index (κ3) is 3.80. The molecule has 0 unspecified atom stereocenters. The van der Waals surface area contributed by atoms with Crippen LogP contribution in [0.3, 0.4) is 0 Å². The van der Waals surface area contributed by atoms with Crippen LogP contribution < -0.4 is 5.32 Å². The Labute approximate surface area is 110 Å². The highest BCUT2D eigenvalue weighted by Crippen LogP contribution is 2.29. The Kier molecular flexibility index (Phi) is 4.75. The van der Waals surface area contributed by atoms with Crippen LogP contribution in [0.15, 0.2) is 4.52 Å². The fourth-order valence-corrected chi connectivity index (χ4v) is 2.81. The van der Waals surface area contributed by atoms with E-state index in [-0.39, 0.29) is 0 Å². The molecule has 1 saturated carbocycles. The van der Waals surface area contributed by atoms with Crippen LogP contribution in [0.1, 0.15) is 51.2 Å². The number of aryl methyl sites for hydroxylation is 1. The number of nitrogens with one attached hydrogen (secondary N) is 1. The third-order valence-electron chi connectivity index (χ3n) is 4.06. The van der Waals surface area contributed by atoms with Crippen molar-refractivity contribution >= 4 is 0 Å². The molecule has 0 saturated heterocycles. The SMILES string of the molecule is Cc1noc(CCNC2CCC(C(C)C)CC2)n1. The summed E-state index contributed by atoms with van der Waals surface area (Å²) in [6.07, 6.45) is 6.20. The summed E-state index contributed by atoms with van der Waals surface area (Å²) < 4.78 is 5.10. The van der Waals surface area contributed by atoms with Gasteiger partial charge < -0.3 is 9.84 Å². The summed E-state index contributed by atoms with van der Waals surface area (Å²) in [6, 6.07) is 0.684. The first-order valence-corrected chi connectivity index (χ1v) is 7.17. The van der Waals surface area contributed by atoms with E-state index in [9.17, 15) is 0 Å². The van der Waals surface area contributed by atoms with E-state index in [1.54, 1.807) is 0 Å². The van der Waals surface area contributed by atoms with Crippen LogP contribution in [0.4, 0.5) is 0 Å². The molecule has 0 spiro atoms. The largest absolute Gasteiger partial charge is 0.339 e. The van der Waals surface area contributed by atoms with Crippen LogP contribution in [0.5, 0.6) is 0 Å². The van der Waals surface area contributed by atoms with Gasteiger partial charge in [-0.05, 0) is 44.4 Å². The third-order valence-corrected chi connectivity index (χ3v) is 4.06. The second kappa shape index (κ2) is 6.32. The first-order chi connectivity index (χ1) is 8.65. The van der Waals surface area contributed by atoms with Crippen LogP contribution in [0.25, 0.3) is 0 Å². The van der Waals surface area contributed by atoms with Gasteiger partial charge in [-0.2, -0.15) is 4.98 Å². The van der Waals surface area contributed by atoms with Gasteiger partial charge in [0.2, 0.25) is 5.89 Å². The summed E-state index contributed by atoms with van der Waals surface area (Å²) in [4.78, 5) is 4.21. The molecule has 18 heavy (non-hydrogen) atoms. The second-order valence-electron chi connectivity index (χ2n) is 5.80. The van der Waals surface area contributed by atoms with Gasteiger partial charge >= 0.3 is 0 Å². The van der Waals surface area contributed by atoms with Gasteiger partial charge in [-0.15, -0.1) is 0 Å². The molecule has 1 aliphatic rings. The van der Waals surface area contributed by atoms with Crippen molar-refractivity contribution in [1.29, 1.82) is 0 Å². The lowest BCUT2D eigenvalue weighted by Crippen LogP contribution is -2.35. The molecule has 0 bridgehead atoms. The van der Waals surface area contributed by atoms with Gasteiger partial charge in [-0.25, -0.2) is 0 Å². The van der Waals surface area contributed by atoms with Crippen LogP contribution in [0, 0.1) is 18.8 Å². The zero-order valence-electron chi connectivity index (χ0n) is 11.8. The predicted molar refractivity (Wildman–Crippen MR) is 71.3 cm³/mol. The van der Waals surface area contributed by atoms with Gasteiger partial charge in [-0.3, -0.25) is 0 Å². The molecule has 1 heterocycles. The van der Waals surface area contributed by atoms with E-state index in [1.165, 1.54) is 25.7 Å². The molecule has 0 radical (unpaired) electrons. The molecule has 1 N–H and O–H groups in total. The molecule has 1 aromatic heterocycles. The summed E-state index contributed by atoms with van der Waals surface area (Å²) in [5.41, 5.74) is 0. The molecular weight excluding hydrogens is 226 g/mol. The Morgan fingerprint density at radius 1 is 1.28 bits per heavy atom. The maximum Gasteiger partial charge on any atom is 0.227 e. The minimum absolute atomic E-state index is 0.684. The van der Waals surface area contributed by atoms with E-state index in [0.717, 1.165) is 36.5 Å². The Bertz CT molecular complexity index is 354. The Balaban J connectivity index is 1.63. The number of hydrogen-bond acceptors (Lipinski definition) is 4. The normalized spacial score (nSPS) is 24.7. The molecule has 0 amide bonds. The van der Waals surface area contributed by atoms with Crippen molar-refractivity contribution < 1.29 is 4.52 Å². The Morgan fingerprint density at radius 2 is 2.00 bits per heavy atom. The van der Waals surface area contributed by atoms with Crippen molar-refractivity contribution in [2.24, 2.45) is 11.8 Å². The Hall–Kier alpha value is -0.900. The molecule has 0 atom stereocenters. The van der Waals surface area contributed by atoms with Crippen LogP contribution in [-0.4, -0.2) is 22.7 Å². The molecule has 102 valence electrons. The number of hydrogen-bond donors (Lipinski definition) is 1. The summed E-state index contributed by atoms with van der Waals surface area (Å²) in [6.45, 7) is 7.49. The van der Waals surface area contributed by atoms with E-state index in [0.29, 0.717) is 6.04 Å². The van der Waals surface area contributed by atoms with E-state index in [1.807, 2.05) is 6.92 Å². The van der Waals surface area contributed by atoms with Crippen molar-refractivity contribution in [3.63, 3.8) is 0 Å². The van der Waals surface area contributed by atoms with Crippen molar-refractivity contribution in [2.75, 3.05) is 6.54 Å². The Morgan fingerprint density at radius 3 is 2.56 bits per heavy atom. The second-order valence-corrected chi connectivity index (χ2v) is 5.80. The summed E-state index contributed by atoms with van der Waals surface area (Å²) in [5, 5.41) is 7.41. The topological polar surface area (TPSA) is 51.0 Å². The number of nitrogens with zero attached hydrogens (tertiary/aromatic N) is 2. The highest BCUT2D eigenvalue weighted by molar-refractivity contribution is 4.85. The van der Waals surface area contributed by atoms with Crippen molar-refractivity contribution in [3.05, 3.63) is 11.7 Å². The maximum absolute atomic E-state index is 5.10. The van der Waals surface area contributed by atoms with Crippen molar-refractivity contribution in [1.82, 2.24) is 15.5 Å². The van der Waals surface area contributed by atoms with E-state index >= 15 is 0 Å².